The van der Waals surface area contributed by atoms with E-state index >= 15 is 0 Å². The lowest BCUT2D eigenvalue weighted by Crippen LogP contribution is -2.28. The molecule has 0 bridgehead atoms. The fourth-order valence-corrected chi connectivity index (χ4v) is 1.89. The van der Waals surface area contributed by atoms with Crippen LogP contribution >= 0.6 is 0 Å². The van der Waals surface area contributed by atoms with Gasteiger partial charge in [0.05, 0.1) is 35.1 Å². The molecule has 0 saturated heterocycles. The van der Waals surface area contributed by atoms with Crippen molar-refractivity contribution in [3.63, 3.8) is 0 Å². The highest BCUT2D eigenvalue weighted by Gasteiger charge is 2.20. The Balaban J connectivity index is 2.55. The molecule has 1 aromatic carbocycles. The number of fused-ring (bicyclic) bond motifs is 1. The van der Waals surface area contributed by atoms with Gasteiger partial charge in [0.2, 0.25) is 0 Å². The summed E-state index contributed by atoms with van der Waals surface area (Å²) >= 11 is 0. The maximum absolute atomic E-state index is 11.2. The molecule has 96 valence electrons. The van der Waals surface area contributed by atoms with Crippen LogP contribution in [0, 0.1) is 0 Å². The quantitative estimate of drug-likeness (QED) is 0.900. The van der Waals surface area contributed by atoms with Gasteiger partial charge in [-0.1, -0.05) is 6.07 Å². The van der Waals surface area contributed by atoms with Crippen LogP contribution in [0.25, 0.3) is 11.0 Å². The van der Waals surface area contributed by atoms with Crippen molar-refractivity contribution in [3.05, 3.63) is 30.1 Å². The number of carboxylic acids is 1. The first-order chi connectivity index (χ1) is 8.44. The van der Waals surface area contributed by atoms with E-state index in [9.17, 15) is 9.90 Å². The van der Waals surface area contributed by atoms with Gasteiger partial charge < -0.3 is 14.4 Å². The van der Waals surface area contributed by atoms with E-state index in [1.807, 2.05) is 18.4 Å². The molecule has 0 radical (unpaired) electrons. The van der Waals surface area contributed by atoms with Gasteiger partial charge in [-0.2, -0.15) is 0 Å². The summed E-state index contributed by atoms with van der Waals surface area (Å²) in [6.45, 7) is 4.44. The summed E-state index contributed by atoms with van der Waals surface area (Å²) in [5, 5.41) is 9.21. The smallest absolute Gasteiger partial charge is 0.337 e. The summed E-state index contributed by atoms with van der Waals surface area (Å²) in [7, 11) is 1.64. The third-order valence-corrected chi connectivity index (χ3v) is 2.97. The SMILES string of the molecule is COC(C)(C)Cn1cnc2cccc(C(=O)O)c21. The van der Waals surface area contributed by atoms with Gasteiger partial charge >= 0.3 is 5.97 Å². The first-order valence-electron chi connectivity index (χ1n) is 5.67. The molecule has 0 aliphatic carbocycles. The van der Waals surface area contributed by atoms with Crippen molar-refractivity contribution in [1.82, 2.24) is 9.55 Å². The summed E-state index contributed by atoms with van der Waals surface area (Å²) in [5.41, 5.74) is 1.20. The number of nitrogens with zero attached hydrogens (tertiary/aromatic N) is 2. The van der Waals surface area contributed by atoms with E-state index < -0.39 is 5.97 Å². The number of benzene rings is 1. The minimum atomic E-state index is -0.947. The van der Waals surface area contributed by atoms with E-state index in [1.165, 1.54) is 0 Å². The van der Waals surface area contributed by atoms with E-state index in [0.717, 1.165) is 0 Å². The van der Waals surface area contributed by atoms with Crippen molar-refractivity contribution < 1.29 is 14.6 Å². The van der Waals surface area contributed by atoms with Crippen LogP contribution in [0.1, 0.15) is 24.2 Å². The fourth-order valence-electron chi connectivity index (χ4n) is 1.89. The molecule has 1 N–H and O–H groups in total. The Morgan fingerprint density at radius 2 is 2.22 bits per heavy atom. The second kappa shape index (κ2) is 4.42. The summed E-state index contributed by atoms with van der Waals surface area (Å²) in [6.07, 6.45) is 1.65. The van der Waals surface area contributed by atoms with Crippen LogP contribution in [0.3, 0.4) is 0 Å². The predicted molar refractivity (Wildman–Crippen MR) is 67.8 cm³/mol. The predicted octanol–water partition coefficient (Wildman–Crippen LogP) is 2.16. The lowest BCUT2D eigenvalue weighted by Gasteiger charge is -2.23. The number of imidazole rings is 1. The van der Waals surface area contributed by atoms with Crippen LogP contribution in [0.4, 0.5) is 0 Å². The molecule has 0 saturated carbocycles. The maximum Gasteiger partial charge on any atom is 0.337 e. The minimum absolute atomic E-state index is 0.261. The Bertz CT molecular complexity index is 587. The van der Waals surface area contributed by atoms with Crippen LogP contribution in [-0.4, -0.2) is 33.3 Å². The number of carboxylic acid groups (broad SMARTS) is 1. The van der Waals surface area contributed by atoms with Crippen LogP contribution in [0.15, 0.2) is 24.5 Å². The molecule has 5 heteroatoms. The monoisotopic (exact) mass is 248 g/mol. The van der Waals surface area contributed by atoms with Crippen molar-refractivity contribution in [3.8, 4) is 0 Å². The van der Waals surface area contributed by atoms with Gasteiger partial charge in [-0.25, -0.2) is 9.78 Å². The number of aromatic carboxylic acids is 1. The molecular weight excluding hydrogens is 232 g/mol. The number of ether oxygens (including phenoxy) is 1. The third-order valence-electron chi connectivity index (χ3n) is 2.97. The summed E-state index contributed by atoms with van der Waals surface area (Å²) in [4.78, 5) is 15.5. The topological polar surface area (TPSA) is 64.4 Å². The van der Waals surface area contributed by atoms with Gasteiger partial charge in [0.1, 0.15) is 0 Å². The highest BCUT2D eigenvalue weighted by Crippen LogP contribution is 2.21. The van der Waals surface area contributed by atoms with Gasteiger partial charge in [0.15, 0.2) is 0 Å². The average Bonchev–Trinajstić information content (AvgIpc) is 2.72. The molecule has 1 aromatic heterocycles. The zero-order chi connectivity index (χ0) is 13.3. The van der Waals surface area contributed by atoms with Crippen molar-refractivity contribution >= 4 is 17.0 Å². The third kappa shape index (κ3) is 2.22. The van der Waals surface area contributed by atoms with Gasteiger partial charge in [0, 0.05) is 7.11 Å². The number of methoxy groups -OCH3 is 1. The summed E-state index contributed by atoms with van der Waals surface area (Å²) < 4.78 is 7.19. The molecule has 0 atom stereocenters. The van der Waals surface area contributed by atoms with Crippen LogP contribution in [0.2, 0.25) is 0 Å². The van der Waals surface area contributed by atoms with Crippen LogP contribution in [0.5, 0.6) is 0 Å². The summed E-state index contributed by atoms with van der Waals surface area (Å²) in [6, 6.07) is 5.09. The number of rotatable bonds is 4. The van der Waals surface area contributed by atoms with E-state index in [0.29, 0.717) is 17.6 Å². The maximum atomic E-state index is 11.2. The van der Waals surface area contributed by atoms with Gasteiger partial charge in [-0.15, -0.1) is 0 Å². The van der Waals surface area contributed by atoms with Crippen molar-refractivity contribution in [2.75, 3.05) is 7.11 Å². The van der Waals surface area contributed by atoms with Gasteiger partial charge in [0.25, 0.3) is 0 Å². The van der Waals surface area contributed by atoms with E-state index in [2.05, 4.69) is 4.98 Å². The molecule has 0 amide bonds. The van der Waals surface area contributed by atoms with E-state index in [4.69, 9.17) is 4.74 Å². The normalized spacial score (nSPS) is 11.9. The molecule has 2 rings (SSSR count). The molecule has 18 heavy (non-hydrogen) atoms. The molecule has 0 aliphatic heterocycles. The van der Waals surface area contributed by atoms with Crippen molar-refractivity contribution in [2.45, 2.75) is 26.0 Å². The Morgan fingerprint density at radius 1 is 1.50 bits per heavy atom. The molecule has 2 aromatic rings. The number of para-hydroxylation sites is 1. The molecule has 0 unspecified atom stereocenters. The van der Waals surface area contributed by atoms with Crippen molar-refractivity contribution in [2.24, 2.45) is 0 Å². The van der Waals surface area contributed by atoms with Crippen molar-refractivity contribution in [1.29, 1.82) is 0 Å². The number of hydrogen-bond donors (Lipinski definition) is 1. The first-order valence-corrected chi connectivity index (χ1v) is 5.67. The van der Waals surface area contributed by atoms with Gasteiger partial charge in [-0.05, 0) is 26.0 Å². The Morgan fingerprint density at radius 3 is 2.83 bits per heavy atom. The highest BCUT2D eigenvalue weighted by atomic mass is 16.5. The largest absolute Gasteiger partial charge is 0.478 e. The lowest BCUT2D eigenvalue weighted by molar-refractivity contribution is 0.00894. The molecule has 0 aliphatic rings. The molecule has 0 fully saturated rings. The zero-order valence-electron chi connectivity index (χ0n) is 10.7. The Hall–Kier alpha value is -1.88. The zero-order valence-corrected chi connectivity index (χ0v) is 10.7. The van der Waals surface area contributed by atoms with E-state index in [1.54, 1.807) is 31.6 Å². The Labute approximate surface area is 105 Å². The first kappa shape index (κ1) is 12.6. The lowest BCUT2D eigenvalue weighted by atomic mass is 10.1. The van der Waals surface area contributed by atoms with E-state index in [-0.39, 0.29) is 11.2 Å². The highest BCUT2D eigenvalue weighted by molar-refractivity contribution is 6.01. The van der Waals surface area contributed by atoms with Crippen LogP contribution < -0.4 is 0 Å². The standard InChI is InChI=1S/C13H16N2O3/c1-13(2,18-3)7-15-8-14-10-6-4-5-9(11(10)15)12(16)17/h4-6,8H,7H2,1-3H3,(H,16,17). The minimum Gasteiger partial charge on any atom is -0.478 e. The van der Waals surface area contributed by atoms with Crippen LogP contribution in [-0.2, 0) is 11.3 Å². The molecule has 5 nitrogen and oxygen atoms in total. The summed E-state index contributed by atoms with van der Waals surface area (Å²) in [5.74, 6) is -0.947. The second-order valence-corrected chi connectivity index (χ2v) is 4.81. The average molecular weight is 248 g/mol. The van der Waals surface area contributed by atoms with Gasteiger partial charge in [-0.3, -0.25) is 0 Å². The molecular formula is C13H16N2O3. The second-order valence-electron chi connectivity index (χ2n) is 4.81. The number of carbonyl (C=O) groups is 1. The molecule has 0 spiro atoms. The Kier molecular flexibility index (Phi) is 3.09. The number of hydrogen-bond acceptors (Lipinski definition) is 3. The number of aromatic nitrogens is 2. The molecule has 1 heterocycles. The fraction of sp³-hybridized carbons (Fsp3) is 0.385.